The van der Waals surface area contributed by atoms with Gasteiger partial charge >= 0.3 is 0 Å². The Balaban J connectivity index is 1.44. The number of sulfone groups is 4. The summed E-state index contributed by atoms with van der Waals surface area (Å²) < 4.78 is 158. The van der Waals surface area contributed by atoms with Crippen LogP contribution in [0.3, 0.4) is 0 Å². The molecule has 0 spiro atoms. The number of azo groups is 2. The fourth-order valence-corrected chi connectivity index (χ4v) is 18.3. The number of anilines is 2. The SMILES string of the molecule is CC1=NN2C(=O)C1N=Nc1cc(Cl)c(C)cc1S(=O)([O-])(O)CS(=O)([O-])(O)c1cccc(c1)N1N=C(C)C(N=Nc3cc(Cl)c(C)cc3S(=O)([O-])(O)CS(=O)([O-])(O)c3cccc2c3)C1=O. The highest BCUT2D eigenvalue weighted by Gasteiger charge is 2.43. The van der Waals surface area contributed by atoms with Crippen LogP contribution < -0.4 is 10.0 Å². The first-order chi connectivity index (χ1) is 29.1. The highest BCUT2D eigenvalue weighted by Crippen LogP contribution is 2.48. The summed E-state index contributed by atoms with van der Waals surface area (Å²) in [4.78, 5) is 22.8. The maximum Gasteiger partial charge on any atom is 0.280 e. The maximum atomic E-state index is 14.1. The second-order valence-electron chi connectivity index (χ2n) is 15.3. The number of aryl methyl sites for hydroxylation is 2. The summed E-state index contributed by atoms with van der Waals surface area (Å²) in [7, 11) is -28.1. The number of benzene rings is 4. The van der Waals surface area contributed by atoms with Crippen LogP contribution in [0.2, 0.25) is 10.0 Å². The van der Waals surface area contributed by atoms with Gasteiger partial charge in [-0.15, -0.1) is 0 Å². The van der Waals surface area contributed by atoms with Crippen LogP contribution in [-0.2, 0) is 48.1 Å². The van der Waals surface area contributed by atoms with E-state index in [0.717, 1.165) is 60.7 Å². The molecule has 4 aromatic rings. The van der Waals surface area contributed by atoms with E-state index in [0.29, 0.717) is 22.2 Å². The van der Waals surface area contributed by atoms with Crippen LogP contribution in [-0.4, -0.2) is 98.7 Å². The summed E-state index contributed by atoms with van der Waals surface area (Å²) in [6, 6.07) is 6.87. The minimum Gasteiger partial charge on any atom is -0.765 e. The van der Waals surface area contributed by atoms with Gasteiger partial charge in [0.2, 0.25) is 0 Å². The second-order valence-corrected chi connectivity index (χ2v) is 27.7. The van der Waals surface area contributed by atoms with E-state index in [1.165, 1.54) is 27.7 Å². The molecule has 3 aliphatic heterocycles. The number of carbonyl (C=O) groups is 2. The van der Waals surface area contributed by atoms with Gasteiger partial charge in [-0.2, -0.15) is 40.7 Å². The number of hydrogen-bond acceptors (Lipinski definition) is 16. The smallest absolute Gasteiger partial charge is 0.280 e. The van der Waals surface area contributed by atoms with Crippen molar-refractivity contribution in [1.29, 1.82) is 0 Å². The first kappa shape index (κ1) is 47.2. The molecule has 2 amide bonds. The molecule has 2 unspecified atom stereocenters. The molecule has 0 saturated heterocycles. The lowest BCUT2D eigenvalue weighted by molar-refractivity contribution is -0.118. The number of nitrogens with zero attached hydrogens (tertiary/aromatic N) is 8. The topological polar surface area (TPSA) is 356 Å². The van der Waals surface area contributed by atoms with Crippen molar-refractivity contribution < 1.29 is 62.8 Å². The Bertz CT molecular complexity index is 2990. The van der Waals surface area contributed by atoms with Crippen molar-refractivity contribution in [3.63, 3.8) is 0 Å². The molecule has 3 heterocycles. The second kappa shape index (κ2) is 14.4. The summed E-state index contributed by atoms with van der Waals surface area (Å²) in [6.45, 7) is 5.10. The van der Waals surface area contributed by atoms with Gasteiger partial charge in [0.15, 0.2) is 12.1 Å². The van der Waals surface area contributed by atoms with Crippen LogP contribution in [0.5, 0.6) is 0 Å². The normalized spacial score (nSPS) is 27.2. The third-order valence-electron chi connectivity index (χ3n) is 9.99. The van der Waals surface area contributed by atoms with Crippen LogP contribution in [0.15, 0.2) is 123 Å². The molecular formula is C36H34Cl2N8O14S4-4. The van der Waals surface area contributed by atoms with Crippen LogP contribution in [0, 0.1) is 13.8 Å². The molecule has 0 radical (unpaired) electrons. The lowest BCUT2D eigenvalue weighted by Crippen LogP contribution is -2.50. The molecule has 0 fully saturated rings. The Labute approximate surface area is 372 Å². The molecule has 28 heteroatoms. The van der Waals surface area contributed by atoms with Crippen molar-refractivity contribution in [2.24, 2.45) is 30.7 Å². The largest absolute Gasteiger partial charge is 0.765 e. The van der Waals surface area contributed by atoms with Crippen molar-refractivity contribution in [2.45, 2.75) is 59.4 Å². The highest BCUT2D eigenvalue weighted by atomic mass is 35.5. The van der Waals surface area contributed by atoms with Gasteiger partial charge in [0, 0.05) is 19.8 Å². The van der Waals surface area contributed by atoms with Crippen molar-refractivity contribution in [2.75, 3.05) is 20.2 Å². The number of hydrazone groups is 2. The third-order valence-corrected chi connectivity index (χ3v) is 22.2. The fourth-order valence-electron chi connectivity index (χ4n) is 6.81. The lowest BCUT2D eigenvalue weighted by atomic mass is 10.2. The number of fused-ring (bicyclic) bond motifs is 12. The number of hydrogen-bond donors (Lipinski definition) is 4. The summed E-state index contributed by atoms with van der Waals surface area (Å²) in [5, 5.41) is 19.5. The average Bonchev–Trinajstić information content (AvgIpc) is 3.61. The molecule has 0 saturated carbocycles. The molecule has 22 nitrogen and oxygen atoms in total. The van der Waals surface area contributed by atoms with E-state index in [1.54, 1.807) is 0 Å². The Hall–Kier alpha value is -4.78. The van der Waals surface area contributed by atoms with Crippen molar-refractivity contribution in [1.82, 2.24) is 0 Å². The molecule has 2 atom stereocenters. The molecule has 4 aromatic carbocycles. The van der Waals surface area contributed by atoms with E-state index in [4.69, 9.17) is 23.2 Å². The maximum absolute atomic E-state index is 14.1. The molecule has 0 aliphatic carbocycles. The molecule has 3 aliphatic rings. The van der Waals surface area contributed by atoms with Gasteiger partial charge in [-0.25, -0.2) is 0 Å². The monoisotopic (exact) mass is 1000 g/mol. The Morgan fingerprint density at radius 1 is 0.562 bits per heavy atom. The Kier molecular flexibility index (Phi) is 10.6. The highest BCUT2D eigenvalue weighted by molar-refractivity contribution is 8.26. The number of carbonyl (C=O) groups excluding carboxylic acids is 2. The minimum absolute atomic E-state index is 0.0269. The van der Waals surface area contributed by atoms with Gasteiger partial charge in [-0.3, -0.25) is 26.4 Å². The standard InChI is InChI=1S/C36H38Cl2N8O14S4/c1-19-11-31-29(15-27(19)37)39-41-33-21(3)43-45(35(33)47)24-8-6-10-26(14-24)62(52,53,54)18-64(58,59,60)32-12-20(2)28(38)16-30(32)40-42-34-22(4)44-46(36(34)48)23-7-5-9-25(13-23)61(49,50,51)17-63(31,55,56)57/h5-16,33-34H,17-18H2,1-4H3,(H2,49,50,51)(H2,52,53,54)(H2,55,56,57)(H2,58,59,60)/p-4. The van der Waals surface area contributed by atoms with Gasteiger partial charge in [0.1, 0.15) is 11.4 Å². The van der Waals surface area contributed by atoms with E-state index >= 15 is 0 Å². The first-order valence-corrected chi connectivity index (χ1v) is 26.9. The molecule has 0 aromatic heterocycles. The summed E-state index contributed by atoms with van der Waals surface area (Å²) in [5.74, 6) is -2.15. The predicted octanol–water partition coefficient (Wildman–Crippen LogP) is 6.12. The lowest BCUT2D eigenvalue weighted by Gasteiger charge is -2.54. The summed E-state index contributed by atoms with van der Waals surface area (Å²) in [6.07, 6.45) is 0. The van der Waals surface area contributed by atoms with Crippen molar-refractivity contribution >= 4 is 108 Å². The zero-order valence-electron chi connectivity index (χ0n) is 33.3. The molecular weight excluding hydrogens is 968 g/mol. The van der Waals surface area contributed by atoms with Crippen LogP contribution in [0.1, 0.15) is 25.0 Å². The molecule has 7 rings (SSSR count). The number of amides is 2. The van der Waals surface area contributed by atoms with E-state index in [9.17, 15) is 62.8 Å². The molecule has 344 valence electrons. The van der Waals surface area contributed by atoms with Crippen LogP contribution in [0.25, 0.3) is 0 Å². The zero-order valence-corrected chi connectivity index (χ0v) is 38.1. The summed E-state index contributed by atoms with van der Waals surface area (Å²) in [5.41, 5.74) is -2.79. The Morgan fingerprint density at radius 3 is 1.25 bits per heavy atom. The van der Waals surface area contributed by atoms with E-state index in [-0.39, 0.29) is 32.6 Å². The van der Waals surface area contributed by atoms with Gasteiger partial charge in [0.05, 0.1) is 42.8 Å². The van der Waals surface area contributed by atoms with E-state index in [2.05, 4.69) is 30.7 Å². The first-order valence-electron chi connectivity index (χ1n) is 18.0. The van der Waals surface area contributed by atoms with E-state index in [1.807, 2.05) is 0 Å². The Morgan fingerprint density at radius 2 is 0.906 bits per heavy atom. The van der Waals surface area contributed by atoms with Crippen LogP contribution in [0.4, 0.5) is 22.7 Å². The van der Waals surface area contributed by atoms with Gasteiger partial charge < -0.3 is 36.4 Å². The van der Waals surface area contributed by atoms with Crippen molar-refractivity contribution in [3.05, 3.63) is 94.0 Å². The van der Waals surface area contributed by atoms with Crippen LogP contribution >= 0.6 is 23.2 Å². The third kappa shape index (κ3) is 8.58. The van der Waals surface area contributed by atoms with Gasteiger partial charge in [0.25, 0.3) is 11.8 Å². The fraction of sp³-hybridized carbons (Fsp3) is 0.222. The summed E-state index contributed by atoms with van der Waals surface area (Å²) >= 11 is 12.5. The predicted molar refractivity (Wildman–Crippen MR) is 232 cm³/mol. The van der Waals surface area contributed by atoms with Gasteiger partial charge in [-0.1, -0.05) is 35.3 Å². The quantitative estimate of drug-likeness (QED) is 0.154. The minimum atomic E-state index is -7.06. The molecule has 64 heavy (non-hydrogen) atoms. The number of rotatable bonds is 0. The van der Waals surface area contributed by atoms with Crippen molar-refractivity contribution in [3.8, 4) is 0 Å². The van der Waals surface area contributed by atoms with E-state index < -0.39 is 115 Å². The molecule has 8 bridgehead atoms. The zero-order chi connectivity index (χ0) is 47.5. The van der Waals surface area contributed by atoms with Gasteiger partial charge in [-0.05, 0) is 138 Å². The number of halogens is 2. The molecule has 4 N–H and O–H groups in total. The average molecular weight is 1000 g/mol.